The van der Waals surface area contributed by atoms with E-state index >= 15 is 0 Å². The Morgan fingerprint density at radius 1 is 1.00 bits per heavy atom. The summed E-state index contributed by atoms with van der Waals surface area (Å²) in [6.45, 7) is 6.91. The lowest BCUT2D eigenvalue weighted by Gasteiger charge is -2.45. The van der Waals surface area contributed by atoms with Gasteiger partial charge in [-0.15, -0.1) is 0 Å². The first kappa shape index (κ1) is 26.3. The lowest BCUT2D eigenvalue weighted by Crippen LogP contribution is -2.60. The fourth-order valence-electron chi connectivity index (χ4n) is 6.09. The van der Waals surface area contributed by atoms with E-state index in [1.54, 1.807) is 12.1 Å². The maximum Gasteiger partial charge on any atom is 0.320 e. The lowest BCUT2D eigenvalue weighted by molar-refractivity contribution is -0.140. The fraction of sp³-hybridized carbons (Fsp3) is 0.517. The highest BCUT2D eigenvalue weighted by molar-refractivity contribution is 6.23. The van der Waals surface area contributed by atoms with Crippen molar-refractivity contribution in [2.24, 2.45) is 11.8 Å². The predicted molar refractivity (Wildman–Crippen MR) is 143 cm³/mol. The van der Waals surface area contributed by atoms with Gasteiger partial charge in [0.1, 0.15) is 6.04 Å². The monoisotopic (exact) mass is 520 g/mol. The summed E-state index contributed by atoms with van der Waals surface area (Å²) in [6, 6.07) is 9.27. The number of piperidine rings is 3. The number of hydrogen-bond donors (Lipinski definition) is 3. The molecule has 202 valence electrons. The standard InChI is InChI=1S/C29H36N4O5/c1-17(2)13-24(26(34)31-25-16-32-10-7-18(25)8-11-32)30-23(29(37)38)9-12-33-27(35)21-14-19-5-3-4-6-20(19)15-22(21)28(33)36/h3-6,14-15,17-18,23-25,30H,7-13,16H2,1-2H3,(H,31,34)(H,37,38)/t23?,24-,25-/m1/s1. The number of carbonyl (C=O) groups excluding carboxylic acids is 3. The van der Waals surface area contributed by atoms with Crippen molar-refractivity contribution in [3.05, 3.63) is 47.5 Å². The molecule has 0 radical (unpaired) electrons. The summed E-state index contributed by atoms with van der Waals surface area (Å²) in [5.41, 5.74) is 0.672. The molecule has 0 saturated carbocycles. The minimum absolute atomic E-state index is 0.00201. The van der Waals surface area contributed by atoms with Crippen LogP contribution in [0.5, 0.6) is 0 Å². The van der Waals surface area contributed by atoms with Gasteiger partial charge in [-0.3, -0.25) is 29.4 Å². The number of rotatable bonds is 10. The van der Waals surface area contributed by atoms with Gasteiger partial charge in [0.2, 0.25) is 5.91 Å². The predicted octanol–water partition coefficient (Wildman–Crippen LogP) is 2.49. The van der Waals surface area contributed by atoms with Gasteiger partial charge in [-0.25, -0.2) is 0 Å². The Morgan fingerprint density at radius 2 is 1.61 bits per heavy atom. The molecule has 3 fully saturated rings. The van der Waals surface area contributed by atoms with Crippen LogP contribution in [0.2, 0.25) is 0 Å². The van der Waals surface area contributed by atoms with Crippen molar-refractivity contribution in [1.29, 1.82) is 0 Å². The number of carboxylic acids is 1. The van der Waals surface area contributed by atoms with Crippen LogP contribution in [0.15, 0.2) is 36.4 Å². The summed E-state index contributed by atoms with van der Waals surface area (Å²) in [5, 5.41) is 17.9. The van der Waals surface area contributed by atoms with E-state index in [9.17, 15) is 24.3 Å². The second-order valence-corrected chi connectivity index (χ2v) is 11.3. The number of nitrogens with one attached hydrogen (secondary N) is 2. The molecule has 0 spiro atoms. The van der Waals surface area contributed by atoms with Crippen LogP contribution in [0.1, 0.15) is 60.2 Å². The SMILES string of the molecule is CC(C)C[C@@H](NC(CCN1C(=O)c2cc3ccccc3cc2C1=O)C(=O)O)C(=O)N[C@@H]1CN2CCC1CC2. The third kappa shape index (κ3) is 5.31. The molecule has 3 N–H and O–H groups in total. The Balaban J connectivity index is 1.25. The number of nitrogens with zero attached hydrogens (tertiary/aromatic N) is 2. The van der Waals surface area contributed by atoms with Crippen LogP contribution in [-0.4, -0.2) is 82.9 Å². The number of carbonyl (C=O) groups is 4. The first-order chi connectivity index (χ1) is 18.2. The molecule has 0 aromatic heterocycles. The molecule has 3 saturated heterocycles. The largest absolute Gasteiger partial charge is 0.480 e. The minimum atomic E-state index is -1.11. The molecular formula is C29H36N4O5. The normalized spacial score (nSPS) is 24.1. The van der Waals surface area contributed by atoms with Crippen LogP contribution in [-0.2, 0) is 9.59 Å². The van der Waals surface area contributed by atoms with Crippen LogP contribution in [0.3, 0.4) is 0 Å². The summed E-state index contributed by atoms with van der Waals surface area (Å²) in [4.78, 5) is 55.1. The molecule has 4 aliphatic heterocycles. The summed E-state index contributed by atoms with van der Waals surface area (Å²) in [6.07, 6.45) is 2.62. The van der Waals surface area contributed by atoms with E-state index < -0.39 is 29.9 Å². The maximum absolute atomic E-state index is 13.3. The number of benzene rings is 2. The Kier molecular flexibility index (Phi) is 7.49. The van der Waals surface area contributed by atoms with Gasteiger partial charge < -0.3 is 15.3 Å². The lowest BCUT2D eigenvalue weighted by atomic mass is 9.84. The zero-order chi connectivity index (χ0) is 27.0. The second-order valence-electron chi connectivity index (χ2n) is 11.3. The van der Waals surface area contributed by atoms with Crippen molar-refractivity contribution in [3.63, 3.8) is 0 Å². The molecule has 4 aliphatic rings. The summed E-state index contributed by atoms with van der Waals surface area (Å²) < 4.78 is 0. The summed E-state index contributed by atoms with van der Waals surface area (Å²) in [5.74, 6) is -1.50. The van der Waals surface area contributed by atoms with Crippen molar-refractivity contribution in [1.82, 2.24) is 20.4 Å². The molecule has 4 heterocycles. The third-order valence-corrected chi connectivity index (χ3v) is 8.19. The van der Waals surface area contributed by atoms with E-state index in [2.05, 4.69) is 15.5 Å². The molecule has 9 nitrogen and oxygen atoms in total. The Morgan fingerprint density at radius 3 is 2.11 bits per heavy atom. The number of carboxylic acid groups (broad SMARTS) is 1. The first-order valence-electron chi connectivity index (χ1n) is 13.6. The van der Waals surface area contributed by atoms with Crippen LogP contribution in [0, 0.1) is 11.8 Å². The number of aliphatic carboxylic acids is 1. The number of hydrogen-bond acceptors (Lipinski definition) is 6. The summed E-state index contributed by atoms with van der Waals surface area (Å²) >= 11 is 0. The van der Waals surface area contributed by atoms with Gasteiger partial charge in [0, 0.05) is 19.1 Å². The zero-order valence-corrected chi connectivity index (χ0v) is 22.0. The van der Waals surface area contributed by atoms with Crippen LogP contribution >= 0.6 is 0 Å². The Hall–Kier alpha value is -3.30. The molecule has 2 aromatic rings. The average Bonchev–Trinajstić information content (AvgIpc) is 3.13. The van der Waals surface area contributed by atoms with E-state index in [1.165, 1.54) is 0 Å². The van der Waals surface area contributed by atoms with Crippen molar-refractivity contribution >= 4 is 34.5 Å². The van der Waals surface area contributed by atoms with Crippen molar-refractivity contribution in [2.75, 3.05) is 26.2 Å². The van der Waals surface area contributed by atoms with E-state index in [1.807, 2.05) is 38.1 Å². The van der Waals surface area contributed by atoms with Crippen LogP contribution in [0.25, 0.3) is 10.8 Å². The van der Waals surface area contributed by atoms with Gasteiger partial charge in [-0.1, -0.05) is 38.1 Å². The van der Waals surface area contributed by atoms with Crippen LogP contribution in [0.4, 0.5) is 0 Å². The maximum atomic E-state index is 13.3. The summed E-state index contributed by atoms with van der Waals surface area (Å²) in [7, 11) is 0. The third-order valence-electron chi connectivity index (χ3n) is 8.19. The number of fused-ring (bicyclic) bond motifs is 5. The van der Waals surface area contributed by atoms with Crippen molar-refractivity contribution < 1.29 is 24.3 Å². The van der Waals surface area contributed by atoms with E-state index in [0.29, 0.717) is 23.5 Å². The van der Waals surface area contributed by atoms with E-state index in [-0.39, 0.29) is 30.8 Å². The van der Waals surface area contributed by atoms with Gasteiger partial charge >= 0.3 is 5.97 Å². The molecule has 2 aromatic carbocycles. The number of imide groups is 1. The molecule has 6 rings (SSSR count). The molecule has 0 aliphatic carbocycles. The molecule has 38 heavy (non-hydrogen) atoms. The fourth-order valence-corrected chi connectivity index (χ4v) is 6.09. The van der Waals surface area contributed by atoms with E-state index in [0.717, 1.165) is 48.1 Å². The molecule has 1 unspecified atom stereocenters. The van der Waals surface area contributed by atoms with Gasteiger partial charge in [0.05, 0.1) is 17.2 Å². The molecule has 3 atom stereocenters. The molecule has 2 bridgehead atoms. The Bertz CT molecular complexity index is 1200. The quantitative estimate of drug-likeness (QED) is 0.412. The Labute approximate surface area is 222 Å². The van der Waals surface area contributed by atoms with Gasteiger partial charge in [0.25, 0.3) is 11.8 Å². The topological polar surface area (TPSA) is 119 Å². The van der Waals surface area contributed by atoms with Crippen molar-refractivity contribution in [2.45, 2.75) is 57.7 Å². The average molecular weight is 521 g/mol. The van der Waals surface area contributed by atoms with E-state index in [4.69, 9.17) is 0 Å². The van der Waals surface area contributed by atoms with Gasteiger partial charge in [-0.2, -0.15) is 0 Å². The molecule has 9 heteroatoms. The highest BCUT2D eigenvalue weighted by Gasteiger charge is 2.38. The number of amides is 3. The highest BCUT2D eigenvalue weighted by Crippen LogP contribution is 2.29. The van der Waals surface area contributed by atoms with Crippen LogP contribution < -0.4 is 10.6 Å². The zero-order valence-electron chi connectivity index (χ0n) is 22.0. The smallest absolute Gasteiger partial charge is 0.320 e. The van der Waals surface area contributed by atoms with Crippen molar-refractivity contribution in [3.8, 4) is 0 Å². The second kappa shape index (κ2) is 10.8. The van der Waals surface area contributed by atoms with Gasteiger partial charge in [0.15, 0.2) is 0 Å². The molecule has 3 amide bonds. The van der Waals surface area contributed by atoms with Gasteiger partial charge in [-0.05, 0) is 73.5 Å². The highest BCUT2D eigenvalue weighted by atomic mass is 16.4. The minimum Gasteiger partial charge on any atom is -0.480 e. The first-order valence-corrected chi connectivity index (χ1v) is 13.6. The molecular weight excluding hydrogens is 484 g/mol.